The smallest absolute Gasteiger partial charge is 0.273 e. The zero-order valence-electron chi connectivity index (χ0n) is 32.3. The van der Waals surface area contributed by atoms with E-state index in [1.165, 1.54) is 50.7 Å². The molecular weight excluding hydrogens is 656 g/mol. The first-order valence-electron chi connectivity index (χ1n) is 20.0. The van der Waals surface area contributed by atoms with Gasteiger partial charge in [0.05, 0.1) is 11.1 Å². The van der Waals surface area contributed by atoms with Crippen LogP contribution in [0.4, 0.5) is 0 Å². The molecule has 2 atom stereocenters. The molecule has 0 aromatic heterocycles. The number of benzene rings is 2. The molecule has 290 valence electrons. The molecule has 52 heavy (non-hydrogen) atoms. The van der Waals surface area contributed by atoms with Gasteiger partial charge in [-0.3, -0.25) is 40.9 Å². The zero-order valence-corrected chi connectivity index (χ0v) is 32.3. The number of carbonyl (C=O) groups is 4. The number of hydrogen-bond donors (Lipinski definition) is 6. The Hall–Kier alpha value is -4.08. The van der Waals surface area contributed by atoms with E-state index in [0.29, 0.717) is 44.9 Å². The quantitative estimate of drug-likeness (QED) is 0.0445. The van der Waals surface area contributed by atoms with E-state index < -0.39 is 11.8 Å². The number of aromatic hydroxyl groups is 2. The summed E-state index contributed by atoms with van der Waals surface area (Å²) in [7, 11) is 0. The first kappa shape index (κ1) is 44.1. The fraction of sp³-hybridized carbons (Fsp3) is 0.619. The fourth-order valence-electron chi connectivity index (χ4n) is 6.76. The van der Waals surface area contributed by atoms with Crippen molar-refractivity contribution in [3.8, 4) is 11.5 Å². The minimum Gasteiger partial charge on any atom is -0.507 e. The lowest BCUT2D eigenvalue weighted by Gasteiger charge is -2.19. The van der Waals surface area contributed by atoms with Crippen LogP contribution in [-0.2, 0) is 22.4 Å². The van der Waals surface area contributed by atoms with Gasteiger partial charge in [0.15, 0.2) is 0 Å². The maximum atomic E-state index is 13.2. The molecule has 10 nitrogen and oxygen atoms in total. The van der Waals surface area contributed by atoms with Gasteiger partial charge in [-0.1, -0.05) is 129 Å². The van der Waals surface area contributed by atoms with Gasteiger partial charge < -0.3 is 10.2 Å². The predicted octanol–water partition coefficient (Wildman–Crippen LogP) is 8.74. The van der Waals surface area contributed by atoms with E-state index in [9.17, 15) is 29.4 Å². The molecule has 4 amide bonds. The average Bonchev–Trinajstić information content (AvgIpc) is 3.13. The van der Waals surface area contributed by atoms with Crippen molar-refractivity contribution in [3.05, 3.63) is 58.7 Å². The topological polar surface area (TPSA) is 157 Å². The van der Waals surface area contributed by atoms with Gasteiger partial charge in [-0.2, -0.15) is 0 Å². The van der Waals surface area contributed by atoms with Crippen LogP contribution < -0.4 is 21.7 Å². The van der Waals surface area contributed by atoms with E-state index in [4.69, 9.17) is 0 Å². The highest BCUT2D eigenvalue weighted by Gasteiger charge is 2.24. The number of unbranched alkanes of at least 4 members (excludes halogenated alkanes) is 10. The molecule has 6 N–H and O–H groups in total. The van der Waals surface area contributed by atoms with Gasteiger partial charge in [-0.05, 0) is 74.6 Å². The van der Waals surface area contributed by atoms with Crippen LogP contribution in [0.1, 0.15) is 175 Å². The standard InChI is InChI=1S/C42H66N4O6/c1-5-9-11-13-15-17-23-32-26-20-29-35(47)37(32)41(51)45-43-39(49)31(8-4)25-19-28-34(22-7-3)40(50)44-46-42(52)38-33(27-21-30-36(38)48)24-18-16-14-12-10-6-2/h20-21,26-27,29-31,34,47-48H,5-19,22-25,28H2,1-4H3,(H,43,49)(H,44,50)(H,45,51)(H,46,52). The number of rotatable bonds is 25. The molecule has 0 bridgehead atoms. The van der Waals surface area contributed by atoms with Crippen molar-refractivity contribution in [3.63, 3.8) is 0 Å². The Bertz CT molecular complexity index is 1380. The van der Waals surface area contributed by atoms with E-state index >= 15 is 0 Å². The predicted molar refractivity (Wildman–Crippen MR) is 208 cm³/mol. The molecule has 0 fully saturated rings. The molecule has 0 aliphatic carbocycles. The van der Waals surface area contributed by atoms with E-state index in [1.807, 2.05) is 26.0 Å². The lowest BCUT2D eigenvalue weighted by molar-refractivity contribution is -0.126. The van der Waals surface area contributed by atoms with Gasteiger partial charge in [0, 0.05) is 11.8 Å². The summed E-state index contributed by atoms with van der Waals surface area (Å²) < 4.78 is 0. The van der Waals surface area contributed by atoms with Crippen LogP contribution in [0, 0.1) is 11.8 Å². The number of phenols is 2. The van der Waals surface area contributed by atoms with Gasteiger partial charge in [-0.25, -0.2) is 0 Å². The summed E-state index contributed by atoms with van der Waals surface area (Å²) >= 11 is 0. The molecule has 2 unspecified atom stereocenters. The summed E-state index contributed by atoms with van der Waals surface area (Å²) in [6.45, 7) is 8.25. The second-order valence-electron chi connectivity index (χ2n) is 14.1. The fourth-order valence-corrected chi connectivity index (χ4v) is 6.76. The zero-order chi connectivity index (χ0) is 38.1. The van der Waals surface area contributed by atoms with Crippen LogP contribution in [0.2, 0.25) is 0 Å². The average molecular weight is 723 g/mol. The Labute approximate surface area is 312 Å². The molecule has 0 saturated carbocycles. The number of hydrazine groups is 2. The number of amides is 4. The summed E-state index contributed by atoms with van der Waals surface area (Å²) in [4.78, 5) is 52.4. The number of carbonyl (C=O) groups excluding carboxylic acids is 4. The Morgan fingerprint density at radius 1 is 0.500 bits per heavy atom. The molecule has 0 spiro atoms. The monoisotopic (exact) mass is 722 g/mol. The highest BCUT2D eigenvalue weighted by Crippen LogP contribution is 2.25. The van der Waals surface area contributed by atoms with Crippen molar-refractivity contribution >= 4 is 23.6 Å². The first-order chi connectivity index (χ1) is 25.2. The van der Waals surface area contributed by atoms with Crippen molar-refractivity contribution < 1.29 is 29.4 Å². The van der Waals surface area contributed by atoms with Gasteiger partial charge >= 0.3 is 0 Å². The highest BCUT2D eigenvalue weighted by atomic mass is 16.3. The molecule has 0 aliphatic rings. The van der Waals surface area contributed by atoms with Crippen LogP contribution in [0.25, 0.3) is 0 Å². The molecule has 0 saturated heterocycles. The van der Waals surface area contributed by atoms with Crippen LogP contribution in [-0.4, -0.2) is 33.8 Å². The van der Waals surface area contributed by atoms with Crippen LogP contribution >= 0.6 is 0 Å². The third-order valence-electron chi connectivity index (χ3n) is 9.89. The number of aryl methyl sites for hydroxylation is 2. The van der Waals surface area contributed by atoms with Crippen molar-refractivity contribution in [2.75, 3.05) is 0 Å². The summed E-state index contributed by atoms with van der Waals surface area (Å²) in [5.74, 6) is -2.73. The Morgan fingerprint density at radius 2 is 0.923 bits per heavy atom. The maximum Gasteiger partial charge on any atom is 0.273 e. The summed E-state index contributed by atoms with van der Waals surface area (Å²) in [5.41, 5.74) is 12.0. The normalized spacial score (nSPS) is 12.2. The molecular formula is C42H66N4O6. The second-order valence-corrected chi connectivity index (χ2v) is 14.1. The second kappa shape index (κ2) is 25.8. The molecule has 2 aromatic carbocycles. The van der Waals surface area contributed by atoms with Crippen LogP contribution in [0.5, 0.6) is 11.5 Å². The molecule has 0 aliphatic heterocycles. The number of nitrogens with one attached hydrogen (secondary N) is 4. The van der Waals surface area contributed by atoms with E-state index in [1.54, 1.807) is 12.1 Å². The first-order valence-corrected chi connectivity index (χ1v) is 20.0. The Balaban J connectivity index is 1.88. The number of phenolic OH excluding ortho intramolecular Hbond substituents is 2. The van der Waals surface area contributed by atoms with Crippen LogP contribution in [0.3, 0.4) is 0 Å². The largest absolute Gasteiger partial charge is 0.507 e. The van der Waals surface area contributed by atoms with E-state index in [2.05, 4.69) is 35.6 Å². The maximum absolute atomic E-state index is 13.2. The van der Waals surface area contributed by atoms with Gasteiger partial charge in [0.2, 0.25) is 11.8 Å². The molecule has 2 aromatic rings. The third-order valence-corrected chi connectivity index (χ3v) is 9.89. The molecule has 0 heterocycles. The summed E-state index contributed by atoms with van der Waals surface area (Å²) in [5, 5.41) is 21.0. The lowest BCUT2D eigenvalue weighted by Crippen LogP contribution is -2.45. The Morgan fingerprint density at radius 3 is 1.37 bits per heavy atom. The van der Waals surface area contributed by atoms with E-state index in [0.717, 1.165) is 56.1 Å². The van der Waals surface area contributed by atoms with Gasteiger partial charge in [0.25, 0.3) is 11.8 Å². The molecule has 10 heteroatoms. The number of hydrogen-bond acceptors (Lipinski definition) is 6. The molecule has 2 rings (SSSR count). The minimum absolute atomic E-state index is 0.116. The Kier molecular flexibility index (Phi) is 21.9. The van der Waals surface area contributed by atoms with Crippen molar-refractivity contribution in [2.24, 2.45) is 11.8 Å². The van der Waals surface area contributed by atoms with Crippen LogP contribution in [0.15, 0.2) is 36.4 Å². The van der Waals surface area contributed by atoms with Crippen molar-refractivity contribution in [2.45, 2.75) is 156 Å². The SMILES string of the molecule is CCCCCCCCc1cccc(O)c1C(=O)NNC(=O)C(CC)CCCC(CCC)C(=O)NNC(=O)c1c(O)cccc1CCCCCCCC. The van der Waals surface area contributed by atoms with E-state index in [-0.39, 0.29) is 46.3 Å². The van der Waals surface area contributed by atoms with Crippen molar-refractivity contribution in [1.29, 1.82) is 0 Å². The third kappa shape index (κ3) is 15.7. The minimum atomic E-state index is -0.553. The lowest BCUT2D eigenvalue weighted by atomic mass is 9.92. The van der Waals surface area contributed by atoms with Gasteiger partial charge in [-0.15, -0.1) is 0 Å². The summed E-state index contributed by atoms with van der Waals surface area (Å²) in [6.07, 6.45) is 18.3. The van der Waals surface area contributed by atoms with Crippen molar-refractivity contribution in [1.82, 2.24) is 21.7 Å². The summed E-state index contributed by atoms with van der Waals surface area (Å²) in [6, 6.07) is 10.1. The molecule has 0 radical (unpaired) electrons. The van der Waals surface area contributed by atoms with Gasteiger partial charge in [0.1, 0.15) is 11.5 Å². The highest BCUT2D eigenvalue weighted by molar-refractivity contribution is 6.00.